The molecule has 0 bridgehead atoms. The highest BCUT2D eigenvalue weighted by Crippen LogP contribution is 2.38. The molecule has 2 rings (SSSR count). The molecule has 0 amide bonds. The van der Waals surface area contributed by atoms with Crippen molar-refractivity contribution in [3.05, 3.63) is 29.3 Å². The molecule has 1 unspecified atom stereocenters. The van der Waals surface area contributed by atoms with Crippen molar-refractivity contribution in [2.24, 2.45) is 5.92 Å². The van der Waals surface area contributed by atoms with Gasteiger partial charge in [-0.1, -0.05) is 17.7 Å². The van der Waals surface area contributed by atoms with Gasteiger partial charge in [-0.2, -0.15) is 5.26 Å². The number of halogens is 1. The summed E-state index contributed by atoms with van der Waals surface area (Å²) in [5.41, 5.74) is 1.26. The third-order valence-electron chi connectivity index (χ3n) is 3.46. The zero-order valence-electron chi connectivity index (χ0n) is 10.3. The quantitative estimate of drug-likeness (QED) is 0.795. The van der Waals surface area contributed by atoms with E-state index >= 15 is 0 Å². The maximum atomic E-state index is 8.81. The van der Waals surface area contributed by atoms with E-state index in [1.165, 1.54) is 0 Å². The van der Waals surface area contributed by atoms with Crippen LogP contribution in [0.1, 0.15) is 26.7 Å². The van der Waals surface area contributed by atoms with E-state index in [-0.39, 0.29) is 5.54 Å². The third-order valence-corrected chi connectivity index (χ3v) is 3.69. The normalized spacial score (nSPS) is 22.5. The Morgan fingerprint density at radius 2 is 2.29 bits per heavy atom. The Kier molecular flexibility index (Phi) is 3.31. The molecular weight excluding hydrogens is 232 g/mol. The summed E-state index contributed by atoms with van der Waals surface area (Å²) in [7, 11) is 0. The summed E-state index contributed by atoms with van der Waals surface area (Å²) in [6.45, 7) is 5.40. The van der Waals surface area contributed by atoms with Crippen LogP contribution in [0.15, 0.2) is 24.3 Å². The van der Waals surface area contributed by atoms with Gasteiger partial charge < -0.3 is 4.90 Å². The van der Waals surface area contributed by atoms with Crippen molar-refractivity contribution in [1.82, 2.24) is 0 Å². The van der Waals surface area contributed by atoms with Gasteiger partial charge in [-0.15, -0.1) is 0 Å². The number of hydrogen-bond acceptors (Lipinski definition) is 2. The molecule has 0 radical (unpaired) electrons. The number of anilines is 1. The van der Waals surface area contributed by atoms with E-state index in [0.29, 0.717) is 12.3 Å². The van der Waals surface area contributed by atoms with E-state index in [1.54, 1.807) is 0 Å². The predicted octanol–water partition coefficient (Wildman–Crippen LogP) is 3.86. The molecule has 0 saturated carbocycles. The summed E-state index contributed by atoms with van der Waals surface area (Å²) in [6.07, 6.45) is 1.70. The van der Waals surface area contributed by atoms with Crippen molar-refractivity contribution in [3.8, 4) is 6.07 Å². The average Bonchev–Trinajstić information content (AvgIpc) is 2.54. The lowest BCUT2D eigenvalue weighted by atomic mass is 9.95. The molecule has 0 aromatic heterocycles. The van der Waals surface area contributed by atoms with E-state index in [1.807, 2.05) is 18.2 Å². The molecule has 0 aliphatic carbocycles. The summed E-state index contributed by atoms with van der Waals surface area (Å²) in [6, 6.07) is 10.2. The van der Waals surface area contributed by atoms with E-state index < -0.39 is 0 Å². The summed E-state index contributed by atoms with van der Waals surface area (Å²) in [4.78, 5) is 2.36. The molecule has 17 heavy (non-hydrogen) atoms. The molecule has 1 fully saturated rings. The lowest BCUT2D eigenvalue weighted by Crippen LogP contribution is -2.38. The fourth-order valence-electron chi connectivity index (χ4n) is 2.75. The largest absolute Gasteiger partial charge is 0.366 e. The SMILES string of the molecule is CC1(C)CC(CC#N)CN1c1cccc(Cl)c1. The standard InChI is InChI=1S/C14H17ClN2/c1-14(2)9-11(6-7-16)10-17(14)13-5-3-4-12(15)8-13/h3-5,8,11H,6,9-10H2,1-2H3. The Bertz CT molecular complexity index is 448. The third kappa shape index (κ3) is 2.56. The first kappa shape index (κ1) is 12.3. The Morgan fingerprint density at radius 3 is 2.94 bits per heavy atom. The highest BCUT2D eigenvalue weighted by molar-refractivity contribution is 6.30. The van der Waals surface area contributed by atoms with E-state index in [0.717, 1.165) is 23.7 Å². The first-order valence-electron chi connectivity index (χ1n) is 5.93. The fraction of sp³-hybridized carbons (Fsp3) is 0.500. The number of nitrogens with zero attached hydrogens (tertiary/aromatic N) is 2. The van der Waals surface area contributed by atoms with Gasteiger partial charge in [0.15, 0.2) is 0 Å². The number of hydrogen-bond donors (Lipinski definition) is 0. The molecule has 3 heteroatoms. The molecule has 1 aliphatic rings. The van der Waals surface area contributed by atoms with Crippen LogP contribution in [-0.4, -0.2) is 12.1 Å². The molecule has 0 N–H and O–H groups in total. The number of benzene rings is 1. The molecular formula is C14H17ClN2. The van der Waals surface area contributed by atoms with E-state index in [4.69, 9.17) is 16.9 Å². The lowest BCUT2D eigenvalue weighted by molar-refractivity contribution is 0.476. The Balaban J connectivity index is 2.24. The maximum absolute atomic E-state index is 8.81. The molecule has 90 valence electrons. The molecule has 0 spiro atoms. The van der Waals surface area contributed by atoms with Crippen LogP contribution in [0, 0.1) is 17.2 Å². The van der Waals surface area contributed by atoms with Crippen LogP contribution in [0.2, 0.25) is 5.02 Å². The zero-order valence-corrected chi connectivity index (χ0v) is 11.0. The highest BCUT2D eigenvalue weighted by atomic mass is 35.5. The maximum Gasteiger partial charge on any atom is 0.0625 e. The lowest BCUT2D eigenvalue weighted by Gasteiger charge is -2.33. The van der Waals surface area contributed by atoms with Crippen molar-refractivity contribution in [3.63, 3.8) is 0 Å². The second-order valence-electron chi connectivity index (χ2n) is 5.34. The molecule has 1 aromatic rings. The van der Waals surface area contributed by atoms with Gasteiger partial charge in [0.2, 0.25) is 0 Å². The van der Waals surface area contributed by atoms with Gasteiger partial charge in [0, 0.05) is 29.2 Å². The Hall–Kier alpha value is -1.20. The Labute approximate surface area is 108 Å². The van der Waals surface area contributed by atoms with Crippen molar-refractivity contribution < 1.29 is 0 Å². The molecule has 1 heterocycles. The van der Waals surface area contributed by atoms with Crippen LogP contribution in [0.5, 0.6) is 0 Å². The van der Waals surface area contributed by atoms with Crippen LogP contribution in [-0.2, 0) is 0 Å². The van der Waals surface area contributed by atoms with Gasteiger partial charge in [0.05, 0.1) is 6.07 Å². The zero-order chi connectivity index (χ0) is 12.5. The van der Waals surface area contributed by atoms with Crippen molar-refractivity contribution in [2.75, 3.05) is 11.4 Å². The summed E-state index contributed by atoms with van der Waals surface area (Å²) in [5, 5.41) is 9.57. The van der Waals surface area contributed by atoms with Crippen molar-refractivity contribution in [1.29, 1.82) is 5.26 Å². The summed E-state index contributed by atoms with van der Waals surface area (Å²) in [5.74, 6) is 0.467. The summed E-state index contributed by atoms with van der Waals surface area (Å²) < 4.78 is 0. The Morgan fingerprint density at radius 1 is 1.53 bits per heavy atom. The number of rotatable bonds is 2. The highest BCUT2D eigenvalue weighted by Gasteiger charge is 2.38. The minimum absolute atomic E-state index is 0.103. The predicted molar refractivity (Wildman–Crippen MR) is 71.2 cm³/mol. The van der Waals surface area contributed by atoms with Crippen LogP contribution >= 0.6 is 11.6 Å². The molecule has 1 aromatic carbocycles. The minimum atomic E-state index is 0.103. The number of nitriles is 1. The first-order chi connectivity index (χ1) is 8.03. The molecule has 1 saturated heterocycles. The van der Waals surface area contributed by atoms with Crippen LogP contribution in [0.4, 0.5) is 5.69 Å². The van der Waals surface area contributed by atoms with Gasteiger partial charge in [-0.3, -0.25) is 0 Å². The smallest absolute Gasteiger partial charge is 0.0625 e. The van der Waals surface area contributed by atoms with Crippen LogP contribution < -0.4 is 4.90 Å². The molecule has 1 aliphatic heterocycles. The minimum Gasteiger partial charge on any atom is -0.366 e. The van der Waals surface area contributed by atoms with Gasteiger partial charge in [-0.05, 0) is 44.4 Å². The fourth-order valence-corrected chi connectivity index (χ4v) is 2.94. The second kappa shape index (κ2) is 4.58. The van der Waals surface area contributed by atoms with Gasteiger partial charge in [-0.25, -0.2) is 0 Å². The van der Waals surface area contributed by atoms with Gasteiger partial charge in [0.25, 0.3) is 0 Å². The van der Waals surface area contributed by atoms with Crippen LogP contribution in [0.3, 0.4) is 0 Å². The molecule has 1 atom stereocenters. The van der Waals surface area contributed by atoms with Crippen molar-refractivity contribution in [2.45, 2.75) is 32.2 Å². The van der Waals surface area contributed by atoms with E-state index in [9.17, 15) is 0 Å². The van der Waals surface area contributed by atoms with Gasteiger partial charge in [0.1, 0.15) is 0 Å². The van der Waals surface area contributed by atoms with Gasteiger partial charge >= 0.3 is 0 Å². The van der Waals surface area contributed by atoms with Crippen LogP contribution in [0.25, 0.3) is 0 Å². The topological polar surface area (TPSA) is 27.0 Å². The van der Waals surface area contributed by atoms with E-state index in [2.05, 4.69) is 30.9 Å². The average molecular weight is 249 g/mol. The van der Waals surface area contributed by atoms with Crippen molar-refractivity contribution >= 4 is 17.3 Å². The monoisotopic (exact) mass is 248 g/mol. The first-order valence-corrected chi connectivity index (χ1v) is 6.31. The molecule has 2 nitrogen and oxygen atoms in total. The summed E-state index contributed by atoms with van der Waals surface area (Å²) >= 11 is 6.03. The second-order valence-corrected chi connectivity index (χ2v) is 5.77.